The molecule has 16 heavy (non-hydrogen) atoms. The van der Waals surface area contributed by atoms with E-state index in [0.717, 1.165) is 12.8 Å². The zero-order chi connectivity index (χ0) is 12.2. The van der Waals surface area contributed by atoms with E-state index in [1.54, 1.807) is 0 Å². The minimum atomic E-state index is -0.503. The Kier molecular flexibility index (Phi) is 4.74. The van der Waals surface area contributed by atoms with Crippen molar-refractivity contribution in [1.29, 1.82) is 0 Å². The summed E-state index contributed by atoms with van der Waals surface area (Å²) in [5, 5.41) is 12.6. The second kappa shape index (κ2) is 5.64. The normalized spacial score (nSPS) is 20.5. The Balaban J connectivity index is 2.29. The van der Waals surface area contributed by atoms with Gasteiger partial charge in [-0.3, -0.25) is 4.79 Å². The van der Waals surface area contributed by atoms with Gasteiger partial charge >= 0.3 is 0 Å². The standard InChI is InChI=1S/C12H23NO3/c1-12(2,3)10(14)8-13-11(15)9-4-6-16-7-5-9/h9-10,14H,4-8H2,1-3H3,(H,13,15). The van der Waals surface area contributed by atoms with Crippen LogP contribution in [-0.2, 0) is 9.53 Å². The van der Waals surface area contributed by atoms with Gasteiger partial charge in [-0.05, 0) is 18.3 Å². The van der Waals surface area contributed by atoms with E-state index < -0.39 is 6.10 Å². The number of ether oxygens (including phenoxy) is 1. The Hall–Kier alpha value is -0.610. The molecule has 0 saturated carbocycles. The number of carbonyl (C=O) groups is 1. The van der Waals surface area contributed by atoms with Gasteiger partial charge in [-0.1, -0.05) is 20.8 Å². The molecule has 0 aromatic carbocycles. The maximum absolute atomic E-state index is 11.8. The molecule has 0 radical (unpaired) electrons. The van der Waals surface area contributed by atoms with Crippen LogP contribution >= 0.6 is 0 Å². The molecule has 2 N–H and O–H groups in total. The SMILES string of the molecule is CC(C)(C)C(O)CNC(=O)C1CCOCC1. The van der Waals surface area contributed by atoms with Crippen molar-refractivity contribution in [2.45, 2.75) is 39.7 Å². The molecule has 0 spiro atoms. The maximum Gasteiger partial charge on any atom is 0.223 e. The van der Waals surface area contributed by atoms with Gasteiger partial charge < -0.3 is 15.2 Å². The molecule has 4 nitrogen and oxygen atoms in total. The van der Waals surface area contributed by atoms with Crippen LogP contribution in [0, 0.1) is 11.3 Å². The summed E-state index contributed by atoms with van der Waals surface area (Å²) in [6, 6.07) is 0. The number of aliphatic hydroxyl groups excluding tert-OH is 1. The van der Waals surface area contributed by atoms with Crippen LogP contribution in [0.1, 0.15) is 33.6 Å². The number of carbonyl (C=O) groups excluding carboxylic acids is 1. The van der Waals surface area contributed by atoms with Crippen molar-refractivity contribution in [3.8, 4) is 0 Å². The fourth-order valence-electron chi connectivity index (χ4n) is 1.61. The molecule has 0 aromatic heterocycles. The van der Waals surface area contributed by atoms with Gasteiger partial charge in [0.1, 0.15) is 0 Å². The van der Waals surface area contributed by atoms with Crippen molar-refractivity contribution in [1.82, 2.24) is 5.32 Å². The fraction of sp³-hybridized carbons (Fsp3) is 0.917. The number of nitrogens with one attached hydrogen (secondary N) is 1. The van der Waals surface area contributed by atoms with E-state index in [1.165, 1.54) is 0 Å². The third kappa shape index (κ3) is 4.10. The number of rotatable bonds is 3. The van der Waals surface area contributed by atoms with Gasteiger partial charge in [0, 0.05) is 25.7 Å². The van der Waals surface area contributed by atoms with E-state index in [9.17, 15) is 9.90 Å². The molecule has 94 valence electrons. The smallest absolute Gasteiger partial charge is 0.223 e. The van der Waals surface area contributed by atoms with Crippen molar-refractivity contribution in [2.75, 3.05) is 19.8 Å². The lowest BCUT2D eigenvalue weighted by Crippen LogP contribution is -2.42. The van der Waals surface area contributed by atoms with E-state index in [4.69, 9.17) is 4.74 Å². The van der Waals surface area contributed by atoms with Crippen LogP contribution in [0.15, 0.2) is 0 Å². The molecular weight excluding hydrogens is 206 g/mol. The number of amides is 1. The van der Waals surface area contributed by atoms with Crippen molar-refractivity contribution >= 4 is 5.91 Å². The number of aliphatic hydroxyl groups is 1. The molecule has 1 heterocycles. The molecule has 1 fully saturated rings. The molecule has 4 heteroatoms. The molecule has 1 amide bonds. The number of hydrogen-bond donors (Lipinski definition) is 2. The van der Waals surface area contributed by atoms with Crippen LogP contribution in [0.25, 0.3) is 0 Å². The third-order valence-electron chi connectivity index (χ3n) is 3.06. The van der Waals surface area contributed by atoms with E-state index in [1.807, 2.05) is 20.8 Å². The summed E-state index contributed by atoms with van der Waals surface area (Å²) in [5.74, 6) is 0.104. The topological polar surface area (TPSA) is 58.6 Å². The fourth-order valence-corrected chi connectivity index (χ4v) is 1.61. The monoisotopic (exact) mass is 229 g/mol. The van der Waals surface area contributed by atoms with E-state index in [0.29, 0.717) is 19.8 Å². The summed E-state index contributed by atoms with van der Waals surface area (Å²) < 4.78 is 5.20. The zero-order valence-corrected chi connectivity index (χ0v) is 10.5. The van der Waals surface area contributed by atoms with Crippen molar-refractivity contribution in [3.05, 3.63) is 0 Å². The lowest BCUT2D eigenvalue weighted by Gasteiger charge is -2.27. The summed E-state index contributed by atoms with van der Waals surface area (Å²) in [7, 11) is 0. The quantitative estimate of drug-likeness (QED) is 0.757. The summed E-state index contributed by atoms with van der Waals surface area (Å²) in [5.41, 5.74) is -0.192. The third-order valence-corrected chi connectivity index (χ3v) is 3.06. The molecule has 1 aliphatic heterocycles. The first-order chi connectivity index (χ1) is 7.41. The highest BCUT2D eigenvalue weighted by atomic mass is 16.5. The molecular formula is C12H23NO3. The van der Waals surface area contributed by atoms with E-state index in [-0.39, 0.29) is 17.2 Å². The summed E-state index contributed by atoms with van der Waals surface area (Å²) >= 11 is 0. The first-order valence-corrected chi connectivity index (χ1v) is 5.95. The van der Waals surface area contributed by atoms with Crippen molar-refractivity contribution in [3.63, 3.8) is 0 Å². The molecule has 0 bridgehead atoms. The predicted molar refractivity (Wildman–Crippen MR) is 62.0 cm³/mol. The number of hydrogen-bond acceptors (Lipinski definition) is 3. The van der Waals surface area contributed by atoms with Crippen LogP contribution in [0.5, 0.6) is 0 Å². The Labute approximate surface area is 97.4 Å². The Morgan fingerprint density at radius 1 is 1.44 bits per heavy atom. The van der Waals surface area contributed by atoms with Crippen molar-refractivity contribution < 1.29 is 14.6 Å². The summed E-state index contributed by atoms with van der Waals surface area (Å²) in [6.07, 6.45) is 1.07. The van der Waals surface area contributed by atoms with Crippen LogP contribution < -0.4 is 5.32 Å². The second-order valence-electron chi connectivity index (χ2n) is 5.51. The predicted octanol–water partition coefficient (Wildman–Crippen LogP) is 0.936. The first-order valence-electron chi connectivity index (χ1n) is 5.95. The van der Waals surface area contributed by atoms with Gasteiger partial charge in [0.2, 0.25) is 5.91 Å². The summed E-state index contributed by atoms with van der Waals surface area (Å²) in [4.78, 5) is 11.8. The van der Waals surface area contributed by atoms with Crippen molar-refractivity contribution in [2.24, 2.45) is 11.3 Å². The zero-order valence-electron chi connectivity index (χ0n) is 10.5. The average molecular weight is 229 g/mol. The van der Waals surface area contributed by atoms with Gasteiger partial charge in [-0.25, -0.2) is 0 Å². The average Bonchev–Trinajstić information content (AvgIpc) is 2.25. The summed E-state index contributed by atoms with van der Waals surface area (Å²) in [6.45, 7) is 7.54. The van der Waals surface area contributed by atoms with Crippen LogP contribution in [-0.4, -0.2) is 36.9 Å². The van der Waals surface area contributed by atoms with Crippen LogP contribution in [0.4, 0.5) is 0 Å². The largest absolute Gasteiger partial charge is 0.391 e. The molecule has 0 aliphatic carbocycles. The highest BCUT2D eigenvalue weighted by Crippen LogP contribution is 2.19. The Bertz CT molecular complexity index is 229. The lowest BCUT2D eigenvalue weighted by molar-refractivity contribution is -0.128. The second-order valence-corrected chi connectivity index (χ2v) is 5.51. The molecule has 1 rings (SSSR count). The van der Waals surface area contributed by atoms with Gasteiger partial charge in [-0.15, -0.1) is 0 Å². The van der Waals surface area contributed by atoms with Gasteiger partial charge in [0.05, 0.1) is 6.10 Å². The molecule has 1 atom stereocenters. The minimum Gasteiger partial charge on any atom is -0.391 e. The first kappa shape index (κ1) is 13.5. The Morgan fingerprint density at radius 2 is 2.00 bits per heavy atom. The van der Waals surface area contributed by atoms with Gasteiger partial charge in [0.15, 0.2) is 0 Å². The highest BCUT2D eigenvalue weighted by molar-refractivity contribution is 5.78. The Morgan fingerprint density at radius 3 is 2.50 bits per heavy atom. The van der Waals surface area contributed by atoms with Crippen LogP contribution in [0.3, 0.4) is 0 Å². The molecule has 1 aliphatic rings. The molecule has 1 unspecified atom stereocenters. The van der Waals surface area contributed by atoms with E-state index in [2.05, 4.69) is 5.32 Å². The lowest BCUT2D eigenvalue weighted by atomic mass is 9.89. The minimum absolute atomic E-state index is 0.0478. The van der Waals surface area contributed by atoms with Gasteiger partial charge in [0.25, 0.3) is 0 Å². The maximum atomic E-state index is 11.8. The van der Waals surface area contributed by atoms with Gasteiger partial charge in [-0.2, -0.15) is 0 Å². The molecule has 0 aromatic rings. The van der Waals surface area contributed by atoms with Crippen LogP contribution in [0.2, 0.25) is 0 Å². The highest BCUT2D eigenvalue weighted by Gasteiger charge is 2.25. The molecule has 1 saturated heterocycles. The van der Waals surface area contributed by atoms with E-state index >= 15 is 0 Å².